The first kappa shape index (κ1) is 23.0. The summed E-state index contributed by atoms with van der Waals surface area (Å²) < 4.78 is 0. The second-order valence-electron chi connectivity index (χ2n) is 7.81. The molecule has 0 unspecified atom stereocenters. The maximum Gasteiger partial charge on any atom is 0.326 e. The summed E-state index contributed by atoms with van der Waals surface area (Å²) in [5.74, 6) is -1.92. The van der Waals surface area contributed by atoms with E-state index in [9.17, 15) is 24.3 Å². The van der Waals surface area contributed by atoms with Gasteiger partial charge in [-0.25, -0.2) is 4.79 Å². The Morgan fingerprint density at radius 3 is 2.16 bits per heavy atom. The minimum absolute atomic E-state index is 0.00212. The van der Waals surface area contributed by atoms with Gasteiger partial charge in [0.15, 0.2) is 0 Å². The van der Waals surface area contributed by atoms with Gasteiger partial charge >= 0.3 is 5.97 Å². The summed E-state index contributed by atoms with van der Waals surface area (Å²) in [5.41, 5.74) is 2.00. The number of carboxylic acid groups (broad SMARTS) is 1. The maximum absolute atomic E-state index is 12.7. The lowest BCUT2D eigenvalue weighted by Crippen LogP contribution is -2.51. The van der Waals surface area contributed by atoms with Crippen LogP contribution in [0.1, 0.15) is 39.1 Å². The third-order valence-electron chi connectivity index (χ3n) is 5.47. The molecular weight excluding hydrogens is 410 g/mol. The van der Waals surface area contributed by atoms with Gasteiger partial charge in [-0.05, 0) is 37.6 Å². The molecule has 0 aliphatic carbocycles. The van der Waals surface area contributed by atoms with Gasteiger partial charge in [-0.2, -0.15) is 0 Å². The predicted octanol–water partition coefficient (Wildman–Crippen LogP) is 1.94. The first-order valence-electron chi connectivity index (χ1n) is 10.6. The average Bonchev–Trinajstić information content (AvgIpc) is 2.81. The van der Waals surface area contributed by atoms with Gasteiger partial charge in [-0.15, -0.1) is 0 Å². The van der Waals surface area contributed by atoms with E-state index >= 15 is 0 Å². The Morgan fingerprint density at radius 1 is 0.906 bits per heavy atom. The number of hydrogen-bond donors (Lipinski definition) is 2. The molecule has 1 saturated heterocycles. The molecule has 32 heavy (non-hydrogen) atoms. The zero-order valence-corrected chi connectivity index (χ0v) is 18.0. The van der Waals surface area contributed by atoms with Crippen molar-refractivity contribution in [3.8, 4) is 0 Å². The number of amides is 3. The second-order valence-corrected chi connectivity index (χ2v) is 7.81. The van der Waals surface area contributed by atoms with Gasteiger partial charge < -0.3 is 20.2 Å². The van der Waals surface area contributed by atoms with Crippen molar-refractivity contribution in [1.82, 2.24) is 15.1 Å². The topological polar surface area (TPSA) is 107 Å². The highest BCUT2D eigenvalue weighted by Crippen LogP contribution is 2.12. The number of carbonyl (C=O) groups excluding carboxylic acids is 3. The summed E-state index contributed by atoms with van der Waals surface area (Å²) in [4.78, 5) is 52.4. The van der Waals surface area contributed by atoms with Crippen molar-refractivity contribution in [2.75, 3.05) is 26.2 Å². The highest BCUT2D eigenvalue weighted by atomic mass is 16.4. The van der Waals surface area contributed by atoms with E-state index in [1.54, 1.807) is 46.2 Å². The largest absolute Gasteiger partial charge is 0.480 e. The Morgan fingerprint density at radius 2 is 1.53 bits per heavy atom. The van der Waals surface area contributed by atoms with Gasteiger partial charge in [0, 0.05) is 43.7 Å². The first-order chi connectivity index (χ1) is 15.3. The Labute approximate surface area is 186 Å². The third kappa shape index (κ3) is 5.94. The number of nitrogens with one attached hydrogen (secondary N) is 1. The van der Waals surface area contributed by atoms with Gasteiger partial charge in [0.2, 0.25) is 5.91 Å². The summed E-state index contributed by atoms with van der Waals surface area (Å²) in [5, 5.41) is 11.9. The Bertz CT molecular complexity index is 984. The predicted molar refractivity (Wildman–Crippen MR) is 118 cm³/mol. The van der Waals surface area contributed by atoms with E-state index in [-0.39, 0.29) is 24.7 Å². The summed E-state index contributed by atoms with van der Waals surface area (Å²) in [6.07, 6.45) is -0.00690. The quantitative estimate of drug-likeness (QED) is 0.689. The van der Waals surface area contributed by atoms with Crippen LogP contribution in [-0.4, -0.2) is 70.8 Å². The molecule has 1 heterocycles. The molecule has 2 N–H and O–H groups in total. The molecule has 1 fully saturated rings. The van der Waals surface area contributed by atoms with Crippen LogP contribution in [0.25, 0.3) is 0 Å². The molecule has 1 atom stereocenters. The van der Waals surface area contributed by atoms with Gasteiger partial charge in [-0.3, -0.25) is 14.4 Å². The van der Waals surface area contributed by atoms with Crippen LogP contribution in [0, 0.1) is 6.92 Å². The Kier molecular flexibility index (Phi) is 7.59. The van der Waals surface area contributed by atoms with Crippen LogP contribution in [0.2, 0.25) is 0 Å². The monoisotopic (exact) mass is 437 g/mol. The van der Waals surface area contributed by atoms with Gasteiger partial charge in [0.1, 0.15) is 6.04 Å². The Hall–Kier alpha value is -3.68. The molecule has 2 aromatic carbocycles. The van der Waals surface area contributed by atoms with E-state index in [1.165, 1.54) is 0 Å². The van der Waals surface area contributed by atoms with Crippen molar-refractivity contribution >= 4 is 23.7 Å². The van der Waals surface area contributed by atoms with Crippen LogP contribution in [0.5, 0.6) is 0 Å². The number of carboxylic acids is 1. The van der Waals surface area contributed by atoms with E-state index in [0.29, 0.717) is 37.3 Å². The molecule has 3 rings (SSSR count). The SMILES string of the molecule is Cc1cccc(C(=O)N2CCN(C(=O)CC[C@H](NC(=O)c3ccccc3)C(=O)O)CC2)c1. The minimum atomic E-state index is -1.18. The zero-order chi connectivity index (χ0) is 23.1. The number of benzene rings is 2. The smallest absolute Gasteiger partial charge is 0.326 e. The average molecular weight is 437 g/mol. The van der Waals surface area contributed by atoms with Crippen LogP contribution >= 0.6 is 0 Å². The standard InChI is InChI=1S/C24H27N3O5/c1-17-6-5-9-19(16-17)23(30)27-14-12-26(13-15-27)21(28)11-10-20(24(31)32)25-22(29)18-7-3-2-4-8-18/h2-9,16,20H,10-15H2,1H3,(H,25,29)(H,31,32)/t20-/m0/s1. The van der Waals surface area contributed by atoms with Crippen molar-refractivity contribution < 1.29 is 24.3 Å². The van der Waals surface area contributed by atoms with Gasteiger partial charge in [0.25, 0.3) is 11.8 Å². The molecule has 168 valence electrons. The number of hydrogen-bond acceptors (Lipinski definition) is 4. The van der Waals surface area contributed by atoms with Crippen molar-refractivity contribution in [1.29, 1.82) is 0 Å². The second kappa shape index (κ2) is 10.6. The fourth-order valence-electron chi connectivity index (χ4n) is 3.63. The number of nitrogens with zero attached hydrogens (tertiary/aromatic N) is 2. The molecule has 8 heteroatoms. The van der Waals surface area contributed by atoms with E-state index in [0.717, 1.165) is 5.56 Å². The fourth-order valence-corrected chi connectivity index (χ4v) is 3.63. The highest BCUT2D eigenvalue weighted by Gasteiger charge is 2.27. The molecule has 0 aromatic heterocycles. The van der Waals surface area contributed by atoms with Crippen molar-refractivity contribution in [2.45, 2.75) is 25.8 Å². The number of piperazine rings is 1. The number of aryl methyl sites for hydroxylation is 1. The van der Waals surface area contributed by atoms with Crippen LogP contribution in [0.4, 0.5) is 0 Å². The molecule has 0 spiro atoms. The molecule has 8 nitrogen and oxygen atoms in total. The molecule has 1 aliphatic heterocycles. The third-order valence-corrected chi connectivity index (χ3v) is 5.47. The number of aliphatic carboxylic acids is 1. The lowest BCUT2D eigenvalue weighted by Gasteiger charge is -2.35. The van der Waals surface area contributed by atoms with E-state index in [1.807, 2.05) is 25.1 Å². The molecule has 0 bridgehead atoms. The van der Waals surface area contributed by atoms with Crippen LogP contribution < -0.4 is 5.32 Å². The van der Waals surface area contributed by atoms with Crippen LogP contribution in [0.15, 0.2) is 54.6 Å². The lowest BCUT2D eigenvalue weighted by molar-refractivity contribution is -0.139. The van der Waals surface area contributed by atoms with Crippen LogP contribution in [0.3, 0.4) is 0 Å². The molecule has 1 aliphatic rings. The molecule has 3 amide bonds. The molecular formula is C24H27N3O5. The summed E-state index contributed by atoms with van der Waals surface area (Å²) in [7, 11) is 0. The zero-order valence-electron chi connectivity index (χ0n) is 18.0. The normalized spacial score (nSPS) is 14.5. The van der Waals surface area contributed by atoms with Gasteiger partial charge in [-0.1, -0.05) is 35.9 Å². The lowest BCUT2D eigenvalue weighted by atomic mass is 10.1. The summed E-state index contributed by atoms with van der Waals surface area (Å²) >= 11 is 0. The van der Waals surface area contributed by atoms with Gasteiger partial charge in [0.05, 0.1) is 0 Å². The van der Waals surface area contributed by atoms with E-state index in [4.69, 9.17) is 0 Å². The fraction of sp³-hybridized carbons (Fsp3) is 0.333. The number of carbonyl (C=O) groups is 4. The van der Waals surface area contributed by atoms with E-state index in [2.05, 4.69) is 5.32 Å². The summed E-state index contributed by atoms with van der Waals surface area (Å²) in [6, 6.07) is 14.6. The highest BCUT2D eigenvalue weighted by molar-refractivity contribution is 5.96. The summed E-state index contributed by atoms with van der Waals surface area (Å²) in [6.45, 7) is 3.56. The maximum atomic E-state index is 12.7. The molecule has 2 aromatic rings. The first-order valence-corrected chi connectivity index (χ1v) is 10.6. The Balaban J connectivity index is 1.48. The van der Waals surface area contributed by atoms with E-state index < -0.39 is 17.9 Å². The number of rotatable bonds is 7. The molecule has 0 saturated carbocycles. The molecule has 0 radical (unpaired) electrons. The van der Waals surface area contributed by atoms with Crippen molar-refractivity contribution in [3.63, 3.8) is 0 Å². The minimum Gasteiger partial charge on any atom is -0.480 e. The van der Waals surface area contributed by atoms with Crippen LogP contribution in [-0.2, 0) is 9.59 Å². The van der Waals surface area contributed by atoms with Crippen molar-refractivity contribution in [2.24, 2.45) is 0 Å². The van der Waals surface area contributed by atoms with Crippen molar-refractivity contribution in [3.05, 3.63) is 71.3 Å².